The van der Waals surface area contributed by atoms with Crippen LogP contribution in [0.4, 0.5) is 5.69 Å². The third-order valence-corrected chi connectivity index (χ3v) is 5.47. The molecule has 0 aromatic heterocycles. The van der Waals surface area contributed by atoms with E-state index in [9.17, 15) is 19.7 Å². The number of hydrogen-bond donors (Lipinski definition) is 0. The molecule has 0 saturated carbocycles. The molecule has 2 aromatic rings. The molecule has 0 spiro atoms. The van der Waals surface area contributed by atoms with Gasteiger partial charge in [0.25, 0.3) is 17.5 Å². The predicted octanol–water partition coefficient (Wildman–Crippen LogP) is 4.27. The Bertz CT molecular complexity index is 914. The largest absolute Gasteiger partial charge is 0.299 e. The van der Waals surface area contributed by atoms with Crippen LogP contribution in [0.1, 0.15) is 58.9 Å². The highest BCUT2D eigenvalue weighted by Gasteiger charge is 2.36. The number of fused-ring (bicyclic) bond motifs is 1. The molecule has 0 atom stereocenters. The summed E-state index contributed by atoms with van der Waals surface area (Å²) >= 11 is 0. The fourth-order valence-electron chi connectivity index (χ4n) is 3.74. The number of rotatable bonds is 11. The molecular formula is C23H27N3O4. The lowest BCUT2D eigenvalue weighted by molar-refractivity contribution is -0.384. The molecular weight excluding hydrogens is 382 g/mol. The van der Waals surface area contributed by atoms with Gasteiger partial charge in [0, 0.05) is 25.2 Å². The third-order valence-electron chi connectivity index (χ3n) is 5.47. The van der Waals surface area contributed by atoms with Crippen molar-refractivity contribution in [1.29, 1.82) is 0 Å². The Hall–Kier alpha value is -3.06. The van der Waals surface area contributed by atoms with Gasteiger partial charge in [-0.1, -0.05) is 50.1 Å². The van der Waals surface area contributed by atoms with Crippen LogP contribution in [0.25, 0.3) is 0 Å². The normalized spacial score (nSPS) is 13.2. The molecule has 158 valence electrons. The molecule has 0 N–H and O–H groups in total. The lowest BCUT2D eigenvalue weighted by Crippen LogP contribution is -2.30. The molecule has 1 aliphatic rings. The average molecular weight is 409 g/mol. The molecule has 0 bridgehead atoms. The molecule has 2 amide bonds. The molecule has 7 heteroatoms. The van der Waals surface area contributed by atoms with E-state index in [1.165, 1.54) is 28.7 Å². The third kappa shape index (κ3) is 5.10. The zero-order valence-corrected chi connectivity index (χ0v) is 17.3. The first kappa shape index (κ1) is 21.6. The van der Waals surface area contributed by atoms with Gasteiger partial charge in [0.1, 0.15) is 0 Å². The first-order chi connectivity index (χ1) is 14.5. The highest BCUT2D eigenvalue weighted by atomic mass is 16.6. The quantitative estimate of drug-likeness (QED) is 0.239. The number of carbonyl (C=O) groups excluding carboxylic acids is 2. The van der Waals surface area contributed by atoms with E-state index in [0.717, 1.165) is 45.3 Å². The smallest absolute Gasteiger partial charge is 0.270 e. The predicted molar refractivity (Wildman–Crippen MR) is 114 cm³/mol. The lowest BCUT2D eigenvalue weighted by atomic mass is 10.1. The van der Waals surface area contributed by atoms with Crippen molar-refractivity contribution in [2.24, 2.45) is 0 Å². The molecule has 0 fully saturated rings. The molecule has 3 rings (SSSR count). The number of nitro benzene ring substituents is 1. The minimum Gasteiger partial charge on any atom is -0.299 e. The van der Waals surface area contributed by atoms with Crippen molar-refractivity contribution in [3.63, 3.8) is 0 Å². The molecule has 0 saturated heterocycles. The van der Waals surface area contributed by atoms with Crippen LogP contribution >= 0.6 is 0 Å². The lowest BCUT2D eigenvalue weighted by Gasteiger charge is -2.20. The van der Waals surface area contributed by atoms with Crippen molar-refractivity contribution in [1.82, 2.24) is 9.80 Å². The fraction of sp³-hybridized carbons (Fsp3) is 0.391. The van der Waals surface area contributed by atoms with E-state index in [2.05, 4.69) is 36.1 Å². The van der Waals surface area contributed by atoms with Gasteiger partial charge in [-0.15, -0.1) is 0 Å². The number of hydrogen-bond acceptors (Lipinski definition) is 5. The highest BCUT2D eigenvalue weighted by Crippen LogP contribution is 2.27. The second kappa shape index (κ2) is 10.1. The zero-order chi connectivity index (χ0) is 21.5. The van der Waals surface area contributed by atoms with Gasteiger partial charge in [-0.25, -0.2) is 0 Å². The monoisotopic (exact) mass is 409 g/mol. The van der Waals surface area contributed by atoms with E-state index in [4.69, 9.17) is 0 Å². The summed E-state index contributed by atoms with van der Waals surface area (Å²) in [5.74, 6) is -0.788. The Morgan fingerprint density at radius 3 is 2.33 bits per heavy atom. The Balaban J connectivity index is 1.41. The maximum atomic E-state index is 12.5. The number of non-ortho nitro benzene ring substituents is 1. The second-order valence-electron chi connectivity index (χ2n) is 7.52. The van der Waals surface area contributed by atoms with Crippen LogP contribution in [0.3, 0.4) is 0 Å². The molecule has 0 aliphatic carbocycles. The number of benzene rings is 2. The molecule has 2 aromatic carbocycles. The van der Waals surface area contributed by atoms with E-state index in [1.807, 2.05) is 6.07 Å². The van der Waals surface area contributed by atoms with Gasteiger partial charge in [-0.05, 0) is 37.6 Å². The number of carbonyl (C=O) groups is 2. The molecule has 7 nitrogen and oxygen atoms in total. The Labute approximate surface area is 176 Å². The van der Waals surface area contributed by atoms with Crippen LogP contribution in [-0.2, 0) is 6.54 Å². The zero-order valence-electron chi connectivity index (χ0n) is 17.3. The summed E-state index contributed by atoms with van der Waals surface area (Å²) < 4.78 is 0. The highest BCUT2D eigenvalue weighted by molar-refractivity contribution is 6.21. The van der Waals surface area contributed by atoms with Gasteiger partial charge in [-0.2, -0.15) is 0 Å². The average Bonchev–Trinajstić information content (AvgIpc) is 3.00. The number of unbranched alkanes of at least 4 members (excludes halogenated alkanes) is 3. The topological polar surface area (TPSA) is 83.8 Å². The summed E-state index contributed by atoms with van der Waals surface area (Å²) in [6.45, 7) is 5.47. The maximum Gasteiger partial charge on any atom is 0.270 e. The van der Waals surface area contributed by atoms with Gasteiger partial charge in [-0.3, -0.25) is 29.5 Å². The van der Waals surface area contributed by atoms with Crippen molar-refractivity contribution in [2.75, 3.05) is 19.6 Å². The van der Waals surface area contributed by atoms with Crippen molar-refractivity contribution < 1.29 is 14.5 Å². The summed E-state index contributed by atoms with van der Waals surface area (Å²) in [6.07, 6.45) is 3.75. The number of amides is 2. The van der Waals surface area contributed by atoms with Crippen molar-refractivity contribution in [2.45, 2.75) is 39.2 Å². The molecule has 30 heavy (non-hydrogen) atoms. The summed E-state index contributed by atoms with van der Waals surface area (Å²) in [5.41, 5.74) is 1.52. The number of nitro groups is 1. The van der Waals surface area contributed by atoms with E-state index in [-0.39, 0.29) is 22.7 Å². The molecule has 1 heterocycles. The van der Waals surface area contributed by atoms with Gasteiger partial charge in [0.2, 0.25) is 0 Å². The first-order valence-electron chi connectivity index (χ1n) is 10.4. The summed E-state index contributed by atoms with van der Waals surface area (Å²) in [7, 11) is 0. The summed E-state index contributed by atoms with van der Waals surface area (Å²) in [4.78, 5) is 38.9. The van der Waals surface area contributed by atoms with E-state index in [0.29, 0.717) is 6.54 Å². The van der Waals surface area contributed by atoms with Crippen molar-refractivity contribution >= 4 is 17.5 Å². The second-order valence-corrected chi connectivity index (χ2v) is 7.52. The van der Waals surface area contributed by atoms with Gasteiger partial charge in [0.15, 0.2) is 0 Å². The Morgan fingerprint density at radius 1 is 0.933 bits per heavy atom. The Kier molecular flexibility index (Phi) is 7.30. The van der Waals surface area contributed by atoms with Crippen LogP contribution < -0.4 is 0 Å². The van der Waals surface area contributed by atoms with Crippen LogP contribution in [0.15, 0.2) is 48.5 Å². The van der Waals surface area contributed by atoms with Gasteiger partial charge < -0.3 is 0 Å². The standard InChI is InChI=1S/C23H27N3O4/c1-2-24(17-18-10-6-5-7-11-18)14-8-3-4-9-15-25-22(27)20-13-12-19(26(29)30)16-21(20)23(25)28/h5-7,10-13,16H,2-4,8-9,14-15,17H2,1H3. The minimum absolute atomic E-state index is 0.133. The van der Waals surface area contributed by atoms with Crippen molar-refractivity contribution in [3.8, 4) is 0 Å². The number of imide groups is 1. The van der Waals surface area contributed by atoms with Gasteiger partial charge >= 0.3 is 0 Å². The van der Waals surface area contributed by atoms with E-state index >= 15 is 0 Å². The van der Waals surface area contributed by atoms with Crippen LogP contribution in [0.5, 0.6) is 0 Å². The summed E-state index contributed by atoms with van der Waals surface area (Å²) in [5, 5.41) is 10.9. The number of nitrogens with zero attached hydrogens (tertiary/aromatic N) is 3. The SMILES string of the molecule is CCN(CCCCCCN1C(=O)c2ccc([N+](=O)[O-])cc2C1=O)Cc1ccccc1. The van der Waals surface area contributed by atoms with E-state index in [1.54, 1.807) is 0 Å². The molecule has 0 unspecified atom stereocenters. The van der Waals surface area contributed by atoms with Gasteiger partial charge in [0.05, 0.1) is 16.1 Å². The molecule has 1 aliphatic heterocycles. The van der Waals surface area contributed by atoms with Crippen LogP contribution in [0, 0.1) is 10.1 Å². The maximum absolute atomic E-state index is 12.5. The fourth-order valence-corrected chi connectivity index (χ4v) is 3.74. The van der Waals surface area contributed by atoms with Crippen LogP contribution in [-0.4, -0.2) is 46.2 Å². The van der Waals surface area contributed by atoms with E-state index < -0.39 is 10.8 Å². The first-order valence-corrected chi connectivity index (χ1v) is 10.4. The summed E-state index contributed by atoms with van der Waals surface area (Å²) in [6, 6.07) is 14.2. The Morgan fingerprint density at radius 2 is 1.63 bits per heavy atom. The minimum atomic E-state index is -0.557. The molecule has 0 radical (unpaired) electrons. The van der Waals surface area contributed by atoms with Crippen LogP contribution in [0.2, 0.25) is 0 Å². The van der Waals surface area contributed by atoms with Crippen molar-refractivity contribution in [3.05, 3.63) is 75.3 Å².